The molecule has 12 heteroatoms. The van der Waals surface area contributed by atoms with E-state index in [4.69, 9.17) is 18.9 Å². The molecule has 0 atom stereocenters. The molecule has 0 bridgehead atoms. The van der Waals surface area contributed by atoms with Crippen LogP contribution in [-0.4, -0.2) is 59.0 Å². The van der Waals surface area contributed by atoms with Gasteiger partial charge in [0.15, 0.2) is 5.82 Å². The van der Waals surface area contributed by atoms with E-state index >= 15 is 4.39 Å². The van der Waals surface area contributed by atoms with E-state index in [0.717, 1.165) is 26.2 Å². The summed E-state index contributed by atoms with van der Waals surface area (Å²) in [4.78, 5) is 49.8. The standard InChI is InChI=1S/C23H22FN3O8/c1-32-21(29)14-9-16(25-11-28)20(17(24)18(14)26-13-7-5-4-6-8-13)27-12-35-10-15(22(30)33-2)19(27)23(31)34-3/h4-9,11,26H,10,12H2,1-3H3,(H,25,28). The number of hydrogen-bond acceptors (Lipinski definition) is 10. The summed E-state index contributed by atoms with van der Waals surface area (Å²) < 4.78 is 35.9. The van der Waals surface area contributed by atoms with E-state index < -0.39 is 30.5 Å². The number of benzene rings is 2. The summed E-state index contributed by atoms with van der Waals surface area (Å²) in [6.45, 7) is -0.696. The van der Waals surface area contributed by atoms with E-state index in [1.165, 1.54) is 6.07 Å². The van der Waals surface area contributed by atoms with Crippen molar-refractivity contribution in [1.29, 1.82) is 0 Å². The smallest absolute Gasteiger partial charge is 0.355 e. The van der Waals surface area contributed by atoms with Crippen molar-refractivity contribution in [3.8, 4) is 0 Å². The van der Waals surface area contributed by atoms with Gasteiger partial charge in [0.2, 0.25) is 6.41 Å². The van der Waals surface area contributed by atoms with Crippen molar-refractivity contribution in [3.63, 3.8) is 0 Å². The molecule has 1 aliphatic heterocycles. The van der Waals surface area contributed by atoms with Gasteiger partial charge in [-0.05, 0) is 18.2 Å². The van der Waals surface area contributed by atoms with Crippen LogP contribution in [0.1, 0.15) is 10.4 Å². The van der Waals surface area contributed by atoms with Gasteiger partial charge in [-0.25, -0.2) is 18.8 Å². The van der Waals surface area contributed by atoms with Crippen LogP contribution in [-0.2, 0) is 33.3 Å². The van der Waals surface area contributed by atoms with Gasteiger partial charge >= 0.3 is 17.9 Å². The minimum absolute atomic E-state index is 0.201. The highest BCUT2D eigenvalue weighted by atomic mass is 19.1. The van der Waals surface area contributed by atoms with Gasteiger partial charge in [-0.1, -0.05) is 18.2 Å². The molecule has 2 N–H and O–H groups in total. The van der Waals surface area contributed by atoms with Crippen LogP contribution in [0.4, 0.5) is 27.1 Å². The van der Waals surface area contributed by atoms with Crippen molar-refractivity contribution < 1.29 is 42.5 Å². The molecule has 35 heavy (non-hydrogen) atoms. The summed E-state index contributed by atoms with van der Waals surface area (Å²) in [5.74, 6) is -3.80. The predicted octanol–water partition coefficient (Wildman–Crippen LogP) is 2.32. The van der Waals surface area contributed by atoms with Crippen molar-refractivity contribution in [3.05, 3.63) is 59.0 Å². The van der Waals surface area contributed by atoms with E-state index in [0.29, 0.717) is 5.69 Å². The molecule has 1 amide bonds. The Morgan fingerprint density at radius 2 is 1.69 bits per heavy atom. The van der Waals surface area contributed by atoms with Crippen molar-refractivity contribution in [1.82, 2.24) is 0 Å². The number of halogens is 1. The zero-order valence-electron chi connectivity index (χ0n) is 19.0. The predicted molar refractivity (Wildman–Crippen MR) is 122 cm³/mol. The van der Waals surface area contributed by atoms with Gasteiger partial charge in [-0.3, -0.25) is 4.79 Å². The lowest BCUT2D eigenvalue weighted by atomic mass is 10.1. The average molecular weight is 487 g/mol. The number of amides is 1. The van der Waals surface area contributed by atoms with Crippen LogP contribution >= 0.6 is 0 Å². The quantitative estimate of drug-likeness (QED) is 0.325. The molecule has 0 saturated heterocycles. The van der Waals surface area contributed by atoms with E-state index in [-0.39, 0.29) is 46.9 Å². The zero-order valence-corrected chi connectivity index (χ0v) is 19.0. The molecular weight excluding hydrogens is 465 g/mol. The lowest BCUT2D eigenvalue weighted by molar-refractivity contribution is -0.140. The van der Waals surface area contributed by atoms with Crippen LogP contribution in [0.25, 0.3) is 0 Å². The second-order valence-corrected chi connectivity index (χ2v) is 6.97. The summed E-state index contributed by atoms with van der Waals surface area (Å²) in [5.41, 5.74) is -1.25. The first-order valence-corrected chi connectivity index (χ1v) is 10.1. The monoisotopic (exact) mass is 487 g/mol. The lowest BCUT2D eigenvalue weighted by Crippen LogP contribution is -2.39. The maximum Gasteiger partial charge on any atom is 0.355 e. The van der Waals surface area contributed by atoms with Crippen molar-refractivity contribution in [2.24, 2.45) is 0 Å². The molecule has 0 radical (unpaired) electrons. The van der Waals surface area contributed by atoms with Gasteiger partial charge in [0.1, 0.15) is 18.1 Å². The van der Waals surface area contributed by atoms with Gasteiger partial charge < -0.3 is 34.5 Å². The first-order chi connectivity index (χ1) is 16.9. The Morgan fingerprint density at radius 3 is 2.29 bits per heavy atom. The van der Waals surface area contributed by atoms with Gasteiger partial charge in [-0.15, -0.1) is 0 Å². The van der Waals surface area contributed by atoms with E-state index in [1.807, 2.05) is 0 Å². The molecule has 3 rings (SSSR count). The number of esters is 3. The third-order valence-corrected chi connectivity index (χ3v) is 5.01. The largest absolute Gasteiger partial charge is 0.466 e. The fourth-order valence-corrected chi connectivity index (χ4v) is 3.46. The SMILES string of the molecule is COC(=O)C1=C(C(=O)OC)N(c2c(NC=O)cc(C(=O)OC)c(Nc3ccccc3)c2F)COC1. The van der Waals surface area contributed by atoms with Crippen LogP contribution in [0, 0.1) is 5.82 Å². The van der Waals surface area contributed by atoms with Crippen LogP contribution in [0.3, 0.4) is 0 Å². The Bertz CT molecular complexity index is 1180. The second-order valence-electron chi connectivity index (χ2n) is 6.97. The Morgan fingerprint density at radius 1 is 1.03 bits per heavy atom. The Hall–Kier alpha value is -4.45. The summed E-state index contributed by atoms with van der Waals surface area (Å²) in [6.07, 6.45) is 0.261. The number of carbonyl (C=O) groups excluding carboxylic acids is 4. The Kier molecular flexibility index (Phi) is 8.00. The summed E-state index contributed by atoms with van der Waals surface area (Å²) in [7, 11) is 3.31. The molecular formula is C23H22FN3O8. The minimum atomic E-state index is -1.04. The molecule has 11 nitrogen and oxygen atoms in total. The molecule has 2 aromatic rings. The number of nitrogens with one attached hydrogen (secondary N) is 2. The second kappa shape index (κ2) is 11.1. The number of rotatable bonds is 8. The summed E-state index contributed by atoms with van der Waals surface area (Å²) >= 11 is 0. The number of methoxy groups -OCH3 is 3. The molecule has 184 valence electrons. The fraction of sp³-hybridized carbons (Fsp3) is 0.217. The van der Waals surface area contributed by atoms with Crippen LogP contribution < -0.4 is 15.5 Å². The van der Waals surface area contributed by atoms with Gasteiger partial charge in [0.25, 0.3) is 0 Å². The molecule has 0 saturated carbocycles. The Labute approximate surface area is 199 Å². The number of para-hydroxylation sites is 1. The molecule has 1 heterocycles. The molecule has 0 unspecified atom stereocenters. The maximum atomic E-state index is 16.2. The number of hydrogen-bond donors (Lipinski definition) is 2. The fourth-order valence-electron chi connectivity index (χ4n) is 3.46. The number of carbonyl (C=O) groups is 4. The summed E-state index contributed by atoms with van der Waals surface area (Å²) in [6, 6.07) is 9.58. The molecule has 0 aliphatic carbocycles. The first-order valence-electron chi connectivity index (χ1n) is 10.1. The highest BCUT2D eigenvalue weighted by Crippen LogP contribution is 2.41. The highest BCUT2D eigenvalue weighted by molar-refractivity contribution is 6.06. The van der Waals surface area contributed by atoms with Crippen LogP contribution in [0.2, 0.25) is 0 Å². The Balaban J connectivity index is 2.33. The van der Waals surface area contributed by atoms with E-state index in [9.17, 15) is 19.2 Å². The normalized spacial score (nSPS) is 13.1. The van der Waals surface area contributed by atoms with Gasteiger partial charge in [-0.2, -0.15) is 0 Å². The van der Waals surface area contributed by atoms with Gasteiger partial charge in [0, 0.05) is 5.69 Å². The molecule has 0 aromatic heterocycles. The van der Waals surface area contributed by atoms with Crippen LogP contribution in [0.5, 0.6) is 0 Å². The third kappa shape index (κ3) is 5.06. The lowest BCUT2D eigenvalue weighted by Gasteiger charge is -2.33. The number of nitrogens with zero attached hydrogens (tertiary/aromatic N) is 1. The zero-order chi connectivity index (χ0) is 25.5. The van der Waals surface area contributed by atoms with E-state index in [2.05, 4.69) is 10.6 Å². The topological polar surface area (TPSA) is 132 Å². The third-order valence-electron chi connectivity index (χ3n) is 5.01. The number of ether oxygens (including phenoxy) is 4. The summed E-state index contributed by atoms with van der Waals surface area (Å²) in [5, 5.41) is 5.14. The number of anilines is 4. The van der Waals surface area contributed by atoms with Crippen molar-refractivity contribution in [2.75, 3.05) is 50.2 Å². The van der Waals surface area contributed by atoms with Crippen molar-refractivity contribution in [2.45, 2.75) is 0 Å². The van der Waals surface area contributed by atoms with Crippen molar-refractivity contribution >= 4 is 47.1 Å². The molecule has 0 fully saturated rings. The van der Waals surface area contributed by atoms with Gasteiger partial charge in [0.05, 0.1) is 50.4 Å². The van der Waals surface area contributed by atoms with E-state index in [1.54, 1.807) is 30.3 Å². The molecule has 0 spiro atoms. The minimum Gasteiger partial charge on any atom is -0.466 e. The first kappa shape index (κ1) is 25.2. The molecule has 2 aromatic carbocycles. The highest BCUT2D eigenvalue weighted by Gasteiger charge is 2.36. The van der Waals surface area contributed by atoms with Crippen LogP contribution in [0.15, 0.2) is 47.7 Å². The average Bonchev–Trinajstić information content (AvgIpc) is 2.89. The molecule has 1 aliphatic rings. The maximum absolute atomic E-state index is 16.2.